The van der Waals surface area contributed by atoms with Crippen LogP contribution >= 0.6 is 23.7 Å². The molecule has 1 rings (SSSR count). The third kappa shape index (κ3) is 7.68. The molecule has 0 saturated heterocycles. The molecule has 17 heavy (non-hydrogen) atoms. The van der Waals surface area contributed by atoms with Crippen molar-refractivity contribution in [1.82, 2.24) is 0 Å². The first-order chi connectivity index (χ1) is 6.63. The summed E-state index contributed by atoms with van der Waals surface area (Å²) in [6, 6.07) is 1.46. The van der Waals surface area contributed by atoms with Gasteiger partial charge in [0, 0.05) is 17.0 Å². The number of thiophene rings is 1. The van der Waals surface area contributed by atoms with Crippen LogP contribution in [0.5, 0.6) is 5.06 Å². The van der Waals surface area contributed by atoms with Gasteiger partial charge in [0.05, 0.1) is 12.5 Å². The number of carbonyl (C=O) groups excluding carboxylic acids is 2. The number of aliphatic carboxylic acids is 1. The SMILES string of the molecule is Cl.NCC(=O)c1csc(OCC(=O)[O-])c1.[Cl-].[Zn+2]. The summed E-state index contributed by atoms with van der Waals surface area (Å²) in [5.41, 5.74) is 5.58. The smallest absolute Gasteiger partial charge is 1.00 e. The summed E-state index contributed by atoms with van der Waals surface area (Å²) in [6.07, 6.45) is 0. The van der Waals surface area contributed by atoms with E-state index < -0.39 is 12.6 Å². The fourth-order valence-electron chi connectivity index (χ4n) is 0.786. The van der Waals surface area contributed by atoms with Crippen LogP contribution in [0.4, 0.5) is 0 Å². The zero-order valence-corrected chi connectivity index (χ0v) is 14.0. The second-order valence-corrected chi connectivity index (χ2v) is 3.32. The summed E-state index contributed by atoms with van der Waals surface area (Å²) in [6.45, 7) is -0.590. The number of Topliss-reactive ketones (excluding diaryl/α,β-unsaturated/α-hetero) is 1. The molecule has 0 atom stereocenters. The van der Waals surface area contributed by atoms with E-state index in [0.717, 1.165) is 11.3 Å². The molecule has 0 spiro atoms. The molecule has 5 nitrogen and oxygen atoms in total. The van der Waals surface area contributed by atoms with Gasteiger partial charge in [-0.3, -0.25) is 4.79 Å². The van der Waals surface area contributed by atoms with Gasteiger partial charge in [-0.1, -0.05) is 0 Å². The van der Waals surface area contributed by atoms with E-state index in [2.05, 4.69) is 0 Å². The van der Waals surface area contributed by atoms with E-state index in [0.29, 0.717) is 10.6 Å². The standard InChI is InChI=1S/C8H9NO4S.2ClH.Zn/c9-2-6(10)5-1-8(14-4-5)13-3-7(11)12;;;/h1,4H,2-3,9H2,(H,11,12);2*1H;/q;;;+2/p-2. The molecular weight excluding hydrogens is 342 g/mol. The molecule has 0 amide bonds. The normalized spacial score (nSPS) is 8.06. The number of carboxylic acids is 1. The molecule has 1 aromatic heterocycles. The van der Waals surface area contributed by atoms with Crippen molar-refractivity contribution < 1.29 is 51.3 Å². The average Bonchev–Trinajstić information content (AvgIpc) is 2.62. The zero-order chi connectivity index (χ0) is 10.6. The topological polar surface area (TPSA) is 92.5 Å². The maximum absolute atomic E-state index is 11.1. The van der Waals surface area contributed by atoms with Crippen molar-refractivity contribution in [3.63, 3.8) is 0 Å². The number of nitrogens with two attached hydrogens (primary N) is 1. The summed E-state index contributed by atoms with van der Waals surface area (Å²) in [5, 5.41) is 12.0. The van der Waals surface area contributed by atoms with Crippen LogP contribution in [0, 0.1) is 0 Å². The van der Waals surface area contributed by atoms with Crippen molar-refractivity contribution in [2.45, 2.75) is 0 Å². The predicted molar refractivity (Wildman–Crippen MR) is 55.5 cm³/mol. The molecule has 0 aliphatic carbocycles. The molecular formula is C8H9Cl2NO4SZn. The number of halogens is 2. The van der Waals surface area contributed by atoms with Crippen molar-refractivity contribution in [1.29, 1.82) is 0 Å². The van der Waals surface area contributed by atoms with Crippen LogP contribution in [0.25, 0.3) is 0 Å². The first-order valence-electron chi connectivity index (χ1n) is 3.78. The Morgan fingerprint density at radius 2 is 2.06 bits per heavy atom. The van der Waals surface area contributed by atoms with E-state index in [9.17, 15) is 14.7 Å². The minimum Gasteiger partial charge on any atom is -1.00 e. The summed E-state index contributed by atoms with van der Waals surface area (Å²) >= 11 is 1.15. The Morgan fingerprint density at radius 3 is 2.53 bits per heavy atom. The van der Waals surface area contributed by atoms with E-state index in [1.807, 2.05) is 0 Å². The number of ether oxygens (including phenoxy) is 1. The number of carboxylic acid groups (broad SMARTS) is 1. The van der Waals surface area contributed by atoms with Crippen LogP contribution in [0.1, 0.15) is 10.4 Å². The van der Waals surface area contributed by atoms with Gasteiger partial charge in [0.1, 0.15) is 6.61 Å². The van der Waals surface area contributed by atoms with Crippen molar-refractivity contribution in [2.75, 3.05) is 13.2 Å². The molecule has 0 unspecified atom stereocenters. The van der Waals surface area contributed by atoms with Crippen molar-refractivity contribution in [2.24, 2.45) is 5.73 Å². The summed E-state index contributed by atoms with van der Waals surface area (Å²) < 4.78 is 4.81. The molecule has 1 heterocycles. The molecule has 1 aromatic rings. The van der Waals surface area contributed by atoms with Crippen molar-refractivity contribution in [3.05, 3.63) is 17.0 Å². The van der Waals surface area contributed by atoms with Gasteiger partial charge in [0.25, 0.3) is 0 Å². The summed E-state index contributed by atoms with van der Waals surface area (Å²) in [5.74, 6) is -1.50. The van der Waals surface area contributed by atoms with E-state index >= 15 is 0 Å². The third-order valence-electron chi connectivity index (χ3n) is 1.42. The average molecular weight is 352 g/mol. The van der Waals surface area contributed by atoms with Crippen LogP contribution in [0.3, 0.4) is 0 Å². The Kier molecular flexibility index (Phi) is 14.2. The van der Waals surface area contributed by atoms with Gasteiger partial charge < -0.3 is 32.8 Å². The second kappa shape index (κ2) is 10.9. The molecule has 0 radical (unpaired) electrons. The van der Waals surface area contributed by atoms with Gasteiger partial charge in [0.2, 0.25) is 0 Å². The molecule has 92 valence electrons. The van der Waals surface area contributed by atoms with Gasteiger partial charge >= 0.3 is 19.5 Å². The molecule has 0 saturated carbocycles. The van der Waals surface area contributed by atoms with Gasteiger partial charge in [-0.2, -0.15) is 0 Å². The van der Waals surface area contributed by atoms with E-state index in [-0.39, 0.29) is 56.6 Å². The quantitative estimate of drug-likeness (QED) is 0.438. The van der Waals surface area contributed by atoms with E-state index in [1.54, 1.807) is 5.38 Å². The van der Waals surface area contributed by atoms with Gasteiger partial charge in [-0.05, 0) is 0 Å². The predicted octanol–water partition coefficient (Wildman–Crippen LogP) is -3.56. The molecule has 0 aromatic carbocycles. The summed E-state index contributed by atoms with van der Waals surface area (Å²) in [7, 11) is 0. The van der Waals surface area contributed by atoms with Crippen LogP contribution in [-0.4, -0.2) is 24.9 Å². The zero-order valence-electron chi connectivity index (χ0n) is 8.68. The Balaban J connectivity index is -0.000000653. The summed E-state index contributed by atoms with van der Waals surface area (Å²) in [4.78, 5) is 21.1. The Labute approximate surface area is 127 Å². The molecule has 0 aliphatic heterocycles. The Bertz CT molecular complexity index is 361. The van der Waals surface area contributed by atoms with Crippen molar-refractivity contribution in [3.8, 4) is 5.06 Å². The van der Waals surface area contributed by atoms with Gasteiger partial charge in [-0.15, -0.1) is 23.7 Å². The number of hydrogen-bond acceptors (Lipinski definition) is 6. The Hall–Kier alpha value is -0.197. The van der Waals surface area contributed by atoms with E-state index in [1.165, 1.54) is 6.07 Å². The maximum Gasteiger partial charge on any atom is 2.00 e. The molecule has 0 bridgehead atoms. The second-order valence-electron chi connectivity index (χ2n) is 2.44. The molecule has 0 aliphatic rings. The number of rotatable bonds is 5. The van der Waals surface area contributed by atoms with Crippen LogP contribution < -0.4 is 28.0 Å². The molecule has 9 heteroatoms. The van der Waals surface area contributed by atoms with Gasteiger partial charge in [0.15, 0.2) is 10.8 Å². The van der Waals surface area contributed by atoms with Crippen molar-refractivity contribution >= 4 is 35.5 Å². The fourth-order valence-corrected chi connectivity index (χ4v) is 1.55. The number of carbonyl (C=O) groups is 2. The largest absolute Gasteiger partial charge is 2.00 e. The number of ketones is 1. The maximum atomic E-state index is 11.1. The fraction of sp³-hybridized carbons (Fsp3) is 0.250. The first-order valence-corrected chi connectivity index (χ1v) is 4.66. The first kappa shape index (κ1) is 22.0. The van der Waals surface area contributed by atoms with Crippen LogP contribution in [-0.2, 0) is 24.3 Å². The minimum absolute atomic E-state index is 0. The number of hydrogen-bond donors (Lipinski definition) is 1. The van der Waals surface area contributed by atoms with Crippen LogP contribution in [0.15, 0.2) is 11.4 Å². The van der Waals surface area contributed by atoms with Gasteiger partial charge in [-0.25, -0.2) is 0 Å². The monoisotopic (exact) mass is 349 g/mol. The van der Waals surface area contributed by atoms with Crippen LogP contribution in [0.2, 0.25) is 0 Å². The minimum atomic E-state index is -1.30. The molecule has 0 fully saturated rings. The van der Waals surface area contributed by atoms with E-state index in [4.69, 9.17) is 10.5 Å². The molecule has 2 N–H and O–H groups in total. The Morgan fingerprint density at radius 1 is 1.47 bits per heavy atom. The third-order valence-corrected chi connectivity index (χ3v) is 2.25.